The average Bonchev–Trinajstić information content (AvgIpc) is 2.87. The summed E-state index contributed by atoms with van der Waals surface area (Å²) >= 11 is 0. The van der Waals surface area contributed by atoms with Crippen molar-refractivity contribution in [1.82, 2.24) is 14.9 Å². The number of hydrogen-bond acceptors (Lipinski definition) is 6. The van der Waals surface area contributed by atoms with Crippen LogP contribution in [0.2, 0.25) is 0 Å². The summed E-state index contributed by atoms with van der Waals surface area (Å²) in [5.41, 5.74) is 0.578. The lowest BCUT2D eigenvalue weighted by Gasteiger charge is -2.24. The Labute approximate surface area is 140 Å². The molecule has 1 aromatic heterocycles. The topological polar surface area (TPSA) is 73.8 Å². The molecule has 0 saturated carbocycles. The van der Waals surface area contributed by atoms with E-state index in [1.54, 1.807) is 48.8 Å². The van der Waals surface area contributed by atoms with Gasteiger partial charge in [-0.1, -0.05) is 6.07 Å². The SMILES string of the molecule is COc1cccc(C(=O)N2CCOC[C@H](Oc3cnccn3)C2)c1. The molecule has 7 heteroatoms. The fraction of sp³-hybridized carbons (Fsp3) is 0.353. The molecule has 2 heterocycles. The Balaban J connectivity index is 1.70. The molecule has 0 unspecified atom stereocenters. The van der Waals surface area contributed by atoms with Gasteiger partial charge in [0.2, 0.25) is 5.88 Å². The van der Waals surface area contributed by atoms with Gasteiger partial charge in [-0.3, -0.25) is 9.78 Å². The highest BCUT2D eigenvalue weighted by molar-refractivity contribution is 5.94. The van der Waals surface area contributed by atoms with Gasteiger partial charge in [0, 0.05) is 24.5 Å². The zero-order chi connectivity index (χ0) is 16.8. The summed E-state index contributed by atoms with van der Waals surface area (Å²) in [6.07, 6.45) is 4.39. The predicted octanol–water partition coefficient (Wildman–Crippen LogP) is 1.41. The number of hydrogen-bond donors (Lipinski definition) is 0. The molecule has 0 radical (unpaired) electrons. The van der Waals surface area contributed by atoms with Crippen molar-refractivity contribution in [2.75, 3.05) is 33.4 Å². The maximum atomic E-state index is 12.7. The molecule has 2 aromatic rings. The molecule has 1 fully saturated rings. The summed E-state index contributed by atoms with van der Waals surface area (Å²) in [4.78, 5) is 22.5. The average molecular weight is 329 g/mol. The van der Waals surface area contributed by atoms with Crippen molar-refractivity contribution in [1.29, 1.82) is 0 Å². The number of amides is 1. The number of carbonyl (C=O) groups excluding carboxylic acids is 1. The molecule has 0 spiro atoms. The van der Waals surface area contributed by atoms with E-state index in [4.69, 9.17) is 14.2 Å². The van der Waals surface area contributed by atoms with Gasteiger partial charge in [-0.05, 0) is 18.2 Å². The maximum absolute atomic E-state index is 12.7. The largest absolute Gasteiger partial charge is 0.497 e. The van der Waals surface area contributed by atoms with Crippen LogP contribution in [0.25, 0.3) is 0 Å². The fourth-order valence-electron chi connectivity index (χ4n) is 2.49. The van der Waals surface area contributed by atoms with Crippen LogP contribution in [0.15, 0.2) is 42.9 Å². The van der Waals surface area contributed by atoms with Gasteiger partial charge in [0.25, 0.3) is 5.91 Å². The van der Waals surface area contributed by atoms with E-state index in [1.807, 2.05) is 6.07 Å². The number of methoxy groups -OCH3 is 1. The number of benzene rings is 1. The van der Waals surface area contributed by atoms with Crippen LogP contribution in [-0.4, -0.2) is 60.3 Å². The minimum atomic E-state index is -0.293. The van der Waals surface area contributed by atoms with Crippen molar-refractivity contribution in [2.24, 2.45) is 0 Å². The number of ether oxygens (including phenoxy) is 3. The van der Waals surface area contributed by atoms with Crippen LogP contribution >= 0.6 is 0 Å². The predicted molar refractivity (Wildman–Crippen MR) is 86.2 cm³/mol. The van der Waals surface area contributed by atoms with E-state index in [0.29, 0.717) is 43.5 Å². The van der Waals surface area contributed by atoms with Gasteiger partial charge in [0.15, 0.2) is 0 Å². The maximum Gasteiger partial charge on any atom is 0.254 e. The summed E-state index contributed by atoms with van der Waals surface area (Å²) < 4.78 is 16.5. The first kappa shape index (κ1) is 16.2. The highest BCUT2D eigenvalue weighted by atomic mass is 16.5. The number of rotatable bonds is 4. The first-order valence-electron chi connectivity index (χ1n) is 7.70. The van der Waals surface area contributed by atoms with E-state index in [-0.39, 0.29) is 12.0 Å². The van der Waals surface area contributed by atoms with Crippen LogP contribution in [0.3, 0.4) is 0 Å². The Morgan fingerprint density at radius 3 is 3.08 bits per heavy atom. The molecular formula is C17H19N3O4. The quantitative estimate of drug-likeness (QED) is 0.844. The molecule has 126 valence electrons. The molecule has 1 aliphatic heterocycles. The van der Waals surface area contributed by atoms with E-state index >= 15 is 0 Å². The summed E-state index contributed by atoms with van der Waals surface area (Å²) in [6.45, 7) is 1.80. The van der Waals surface area contributed by atoms with Gasteiger partial charge in [-0.2, -0.15) is 0 Å². The third kappa shape index (κ3) is 3.99. The Morgan fingerprint density at radius 1 is 1.38 bits per heavy atom. The molecule has 0 N–H and O–H groups in total. The number of nitrogens with zero attached hydrogens (tertiary/aromatic N) is 3. The lowest BCUT2D eigenvalue weighted by molar-refractivity contribution is 0.0631. The standard InChI is InChI=1S/C17H19N3O4/c1-22-14-4-2-3-13(9-14)17(21)20-7-8-23-12-15(11-20)24-16-10-18-5-6-19-16/h2-6,9-10,15H,7-8,11-12H2,1H3/t15-/m1/s1. The zero-order valence-electron chi connectivity index (χ0n) is 13.4. The third-order valence-corrected chi connectivity index (χ3v) is 3.66. The van der Waals surface area contributed by atoms with Crippen molar-refractivity contribution in [3.05, 3.63) is 48.4 Å². The molecule has 1 amide bonds. The molecule has 1 saturated heterocycles. The van der Waals surface area contributed by atoms with Crippen molar-refractivity contribution in [3.8, 4) is 11.6 Å². The fourth-order valence-corrected chi connectivity index (χ4v) is 2.49. The van der Waals surface area contributed by atoms with Gasteiger partial charge in [0.05, 0.1) is 33.1 Å². The highest BCUT2D eigenvalue weighted by Gasteiger charge is 2.25. The summed E-state index contributed by atoms with van der Waals surface area (Å²) in [6, 6.07) is 7.11. The Morgan fingerprint density at radius 2 is 2.29 bits per heavy atom. The van der Waals surface area contributed by atoms with Crippen LogP contribution < -0.4 is 9.47 Å². The molecule has 0 aliphatic carbocycles. The zero-order valence-corrected chi connectivity index (χ0v) is 13.4. The van der Waals surface area contributed by atoms with Crippen LogP contribution in [0, 0.1) is 0 Å². The van der Waals surface area contributed by atoms with Gasteiger partial charge in [0.1, 0.15) is 11.9 Å². The van der Waals surface area contributed by atoms with Gasteiger partial charge in [-0.25, -0.2) is 4.98 Å². The highest BCUT2D eigenvalue weighted by Crippen LogP contribution is 2.16. The van der Waals surface area contributed by atoms with E-state index in [1.165, 1.54) is 0 Å². The minimum absolute atomic E-state index is 0.0767. The van der Waals surface area contributed by atoms with Crippen LogP contribution in [0.4, 0.5) is 0 Å². The molecule has 1 aliphatic rings. The van der Waals surface area contributed by atoms with Crippen molar-refractivity contribution in [2.45, 2.75) is 6.10 Å². The third-order valence-electron chi connectivity index (χ3n) is 3.66. The van der Waals surface area contributed by atoms with Crippen molar-refractivity contribution in [3.63, 3.8) is 0 Å². The van der Waals surface area contributed by atoms with Crippen molar-refractivity contribution >= 4 is 5.91 Å². The number of aromatic nitrogens is 2. The molecular weight excluding hydrogens is 310 g/mol. The molecule has 7 nitrogen and oxygen atoms in total. The lowest BCUT2D eigenvalue weighted by Crippen LogP contribution is -2.40. The second kappa shape index (κ2) is 7.74. The van der Waals surface area contributed by atoms with Gasteiger partial charge in [-0.15, -0.1) is 0 Å². The first-order valence-corrected chi connectivity index (χ1v) is 7.70. The smallest absolute Gasteiger partial charge is 0.254 e. The molecule has 3 rings (SSSR count). The summed E-state index contributed by atoms with van der Waals surface area (Å²) in [7, 11) is 1.58. The molecule has 0 bridgehead atoms. The Hall–Kier alpha value is -2.67. The monoisotopic (exact) mass is 329 g/mol. The first-order chi connectivity index (χ1) is 11.8. The lowest BCUT2D eigenvalue weighted by atomic mass is 10.2. The van der Waals surface area contributed by atoms with E-state index in [0.717, 1.165) is 0 Å². The van der Waals surface area contributed by atoms with Crippen LogP contribution in [-0.2, 0) is 4.74 Å². The van der Waals surface area contributed by atoms with E-state index in [2.05, 4.69) is 9.97 Å². The molecule has 24 heavy (non-hydrogen) atoms. The second-order valence-electron chi connectivity index (χ2n) is 5.34. The molecule has 1 atom stereocenters. The van der Waals surface area contributed by atoms with Crippen molar-refractivity contribution < 1.29 is 19.0 Å². The minimum Gasteiger partial charge on any atom is -0.497 e. The Bertz CT molecular complexity index is 681. The Kier molecular flexibility index (Phi) is 5.22. The van der Waals surface area contributed by atoms with E-state index < -0.39 is 0 Å². The van der Waals surface area contributed by atoms with Crippen LogP contribution in [0.5, 0.6) is 11.6 Å². The van der Waals surface area contributed by atoms with Crippen LogP contribution in [0.1, 0.15) is 10.4 Å². The second-order valence-corrected chi connectivity index (χ2v) is 5.34. The van der Waals surface area contributed by atoms with E-state index in [9.17, 15) is 4.79 Å². The van der Waals surface area contributed by atoms with Gasteiger partial charge < -0.3 is 19.1 Å². The normalized spacial score (nSPS) is 17.9. The number of carbonyl (C=O) groups is 1. The summed E-state index contributed by atoms with van der Waals surface area (Å²) in [5.74, 6) is 0.994. The summed E-state index contributed by atoms with van der Waals surface area (Å²) in [5, 5.41) is 0. The van der Waals surface area contributed by atoms with Gasteiger partial charge >= 0.3 is 0 Å². The molecule has 1 aromatic carbocycles.